The van der Waals surface area contributed by atoms with Gasteiger partial charge in [0, 0.05) is 0 Å². The molecule has 0 aliphatic rings. The molecule has 0 atom stereocenters. The highest BCUT2D eigenvalue weighted by Crippen LogP contribution is 2.38. The summed E-state index contributed by atoms with van der Waals surface area (Å²) in [5.41, 5.74) is -1.78. The van der Waals surface area contributed by atoms with Crippen molar-refractivity contribution in [2.45, 2.75) is 6.18 Å². The van der Waals surface area contributed by atoms with Gasteiger partial charge in [-0.2, -0.15) is 13.2 Å². The second-order valence-electron chi connectivity index (χ2n) is 4.10. The molecule has 3 rings (SSSR count). The van der Waals surface area contributed by atoms with E-state index in [1.165, 1.54) is 24.3 Å². The van der Waals surface area contributed by atoms with Crippen LogP contribution in [0.1, 0.15) is 5.56 Å². The lowest BCUT2D eigenvalue weighted by atomic mass is 10.0. The minimum Gasteiger partial charge on any atom is -0.313 e. The highest BCUT2D eigenvalue weighted by atomic mass is 19.4. The normalized spacial score (nSPS) is 12.2. The molecule has 0 fully saturated rings. The molecule has 0 unspecified atom stereocenters. The number of benzene rings is 2. The molecule has 1 N–H and O–H groups in total. The zero-order chi connectivity index (χ0) is 13.6. The molecule has 0 aliphatic heterocycles. The van der Waals surface area contributed by atoms with Crippen LogP contribution in [0.5, 0.6) is 0 Å². The second kappa shape index (κ2) is 3.81. The lowest BCUT2D eigenvalue weighted by Gasteiger charge is -2.12. The van der Waals surface area contributed by atoms with Crippen LogP contribution in [0.2, 0.25) is 0 Å². The predicted octanol–water partition coefficient (Wildman–Crippen LogP) is 3.10. The Bertz CT molecular complexity index is 837. The number of alkyl halides is 3. The molecule has 0 saturated heterocycles. The lowest BCUT2D eigenvalue weighted by Crippen LogP contribution is -2.13. The summed E-state index contributed by atoms with van der Waals surface area (Å²) >= 11 is 0. The minimum absolute atomic E-state index is 0.0422. The number of rotatable bonds is 0. The summed E-state index contributed by atoms with van der Waals surface area (Å²) in [6.07, 6.45) is -3.59. The first kappa shape index (κ1) is 11.7. The number of aromatic nitrogens is 2. The van der Waals surface area contributed by atoms with Crippen LogP contribution >= 0.6 is 0 Å². The van der Waals surface area contributed by atoms with Crippen molar-refractivity contribution in [3.05, 3.63) is 52.6 Å². The van der Waals surface area contributed by atoms with Crippen LogP contribution in [0.15, 0.2) is 41.5 Å². The van der Waals surface area contributed by atoms with Crippen molar-refractivity contribution in [1.82, 2.24) is 9.97 Å². The van der Waals surface area contributed by atoms with Crippen molar-refractivity contribution in [3.8, 4) is 0 Å². The van der Waals surface area contributed by atoms with E-state index in [2.05, 4.69) is 9.97 Å². The average molecular weight is 264 g/mol. The number of halogens is 3. The molecule has 0 spiro atoms. The molecule has 0 radical (unpaired) electrons. The van der Waals surface area contributed by atoms with Crippen molar-refractivity contribution in [2.24, 2.45) is 0 Å². The molecule has 3 aromatic rings. The van der Waals surface area contributed by atoms with Gasteiger partial charge in [0.25, 0.3) is 5.56 Å². The molecule has 1 aromatic heterocycles. The van der Waals surface area contributed by atoms with E-state index in [-0.39, 0.29) is 16.3 Å². The number of hydrogen-bond acceptors (Lipinski definition) is 2. The third-order valence-corrected chi connectivity index (χ3v) is 2.94. The summed E-state index contributed by atoms with van der Waals surface area (Å²) in [6.45, 7) is 0. The highest BCUT2D eigenvalue weighted by molar-refractivity contribution is 6.00. The number of fused-ring (bicyclic) bond motifs is 2. The van der Waals surface area contributed by atoms with E-state index in [0.717, 1.165) is 6.33 Å². The van der Waals surface area contributed by atoms with Crippen molar-refractivity contribution in [1.29, 1.82) is 0 Å². The fourth-order valence-electron chi connectivity index (χ4n) is 2.16. The van der Waals surface area contributed by atoms with Gasteiger partial charge in [0.1, 0.15) is 0 Å². The molecular formula is C13H7F3N2O. The first-order valence-electron chi connectivity index (χ1n) is 5.45. The standard InChI is InChI=1S/C13H7F3N2O/c14-13(15,16)10-8-4-2-1-3-7(8)5-9-11(10)17-6-18-12(9)19/h1-6H,(H,17,18,19). The fourth-order valence-corrected chi connectivity index (χ4v) is 2.16. The van der Waals surface area contributed by atoms with Gasteiger partial charge in [-0.15, -0.1) is 0 Å². The molecule has 3 nitrogen and oxygen atoms in total. The minimum atomic E-state index is -4.57. The summed E-state index contributed by atoms with van der Waals surface area (Å²) in [5.74, 6) is 0. The number of aromatic amines is 1. The lowest BCUT2D eigenvalue weighted by molar-refractivity contribution is -0.135. The average Bonchev–Trinajstić information content (AvgIpc) is 2.35. The fraction of sp³-hybridized carbons (Fsp3) is 0.0769. The van der Waals surface area contributed by atoms with Gasteiger partial charge in [-0.25, -0.2) is 4.98 Å². The number of nitrogens with one attached hydrogen (secondary N) is 1. The Kier molecular flexibility index (Phi) is 2.35. The SMILES string of the molecule is O=c1[nH]cnc2c(C(F)(F)F)c3ccccc3cc12. The van der Waals surface area contributed by atoms with Crippen molar-refractivity contribution < 1.29 is 13.2 Å². The zero-order valence-corrected chi connectivity index (χ0v) is 9.45. The van der Waals surface area contributed by atoms with E-state index in [1.54, 1.807) is 6.07 Å². The van der Waals surface area contributed by atoms with E-state index >= 15 is 0 Å². The van der Waals surface area contributed by atoms with Crippen molar-refractivity contribution in [3.63, 3.8) is 0 Å². The molecule has 19 heavy (non-hydrogen) atoms. The zero-order valence-electron chi connectivity index (χ0n) is 9.45. The maximum Gasteiger partial charge on any atom is 0.419 e. The molecule has 1 heterocycles. The quantitative estimate of drug-likeness (QED) is 0.634. The highest BCUT2D eigenvalue weighted by Gasteiger charge is 2.35. The summed E-state index contributed by atoms with van der Waals surface area (Å²) < 4.78 is 39.7. The third kappa shape index (κ3) is 1.76. The maximum absolute atomic E-state index is 13.2. The first-order valence-corrected chi connectivity index (χ1v) is 5.45. The Hall–Kier alpha value is -2.37. The van der Waals surface area contributed by atoms with Gasteiger partial charge in [0.05, 0.1) is 22.8 Å². The van der Waals surface area contributed by atoms with E-state index in [4.69, 9.17) is 0 Å². The van der Waals surface area contributed by atoms with Crippen LogP contribution in [0, 0.1) is 0 Å². The number of hydrogen-bond donors (Lipinski definition) is 1. The van der Waals surface area contributed by atoms with Crippen LogP contribution in [0.25, 0.3) is 21.7 Å². The second-order valence-corrected chi connectivity index (χ2v) is 4.10. The molecule has 6 heteroatoms. The van der Waals surface area contributed by atoms with Gasteiger partial charge >= 0.3 is 6.18 Å². The molecule has 0 aliphatic carbocycles. The van der Waals surface area contributed by atoms with E-state index < -0.39 is 17.3 Å². The van der Waals surface area contributed by atoms with Gasteiger partial charge in [-0.05, 0) is 16.8 Å². The topological polar surface area (TPSA) is 45.8 Å². The van der Waals surface area contributed by atoms with E-state index in [1.807, 2.05) is 0 Å². The van der Waals surface area contributed by atoms with Crippen LogP contribution in [-0.2, 0) is 6.18 Å². The Morgan fingerprint density at radius 2 is 1.84 bits per heavy atom. The Labute approximate surface area is 104 Å². The van der Waals surface area contributed by atoms with Crippen molar-refractivity contribution in [2.75, 3.05) is 0 Å². The Morgan fingerprint density at radius 1 is 1.11 bits per heavy atom. The Morgan fingerprint density at radius 3 is 2.58 bits per heavy atom. The maximum atomic E-state index is 13.2. The molecular weight excluding hydrogens is 257 g/mol. The third-order valence-electron chi connectivity index (χ3n) is 2.94. The summed E-state index contributed by atoms with van der Waals surface area (Å²) in [5, 5.41) is 0.343. The van der Waals surface area contributed by atoms with Crippen LogP contribution in [0.4, 0.5) is 13.2 Å². The smallest absolute Gasteiger partial charge is 0.313 e. The summed E-state index contributed by atoms with van der Waals surface area (Å²) in [6, 6.07) is 7.48. The van der Waals surface area contributed by atoms with Gasteiger partial charge in [0.2, 0.25) is 0 Å². The van der Waals surface area contributed by atoms with Gasteiger partial charge in [0.15, 0.2) is 0 Å². The van der Waals surface area contributed by atoms with Gasteiger partial charge in [-0.1, -0.05) is 24.3 Å². The van der Waals surface area contributed by atoms with E-state index in [0.29, 0.717) is 5.39 Å². The molecule has 96 valence electrons. The molecule has 0 bridgehead atoms. The van der Waals surface area contributed by atoms with Gasteiger partial charge in [-0.3, -0.25) is 4.79 Å². The van der Waals surface area contributed by atoms with Gasteiger partial charge < -0.3 is 4.98 Å². The van der Waals surface area contributed by atoms with Crippen LogP contribution < -0.4 is 5.56 Å². The van der Waals surface area contributed by atoms with E-state index in [9.17, 15) is 18.0 Å². The largest absolute Gasteiger partial charge is 0.419 e. The Balaban J connectivity index is 2.65. The predicted molar refractivity (Wildman–Crippen MR) is 64.9 cm³/mol. The number of H-pyrrole nitrogens is 1. The van der Waals surface area contributed by atoms with Crippen LogP contribution in [0.3, 0.4) is 0 Å². The summed E-state index contributed by atoms with van der Waals surface area (Å²) in [4.78, 5) is 17.6. The monoisotopic (exact) mass is 264 g/mol. The molecule has 2 aromatic carbocycles. The number of nitrogens with zero attached hydrogens (tertiary/aromatic N) is 1. The first-order chi connectivity index (χ1) is 8.98. The molecule has 0 amide bonds. The molecule has 0 saturated carbocycles. The summed E-state index contributed by atoms with van der Waals surface area (Å²) in [7, 11) is 0. The van der Waals surface area contributed by atoms with Crippen LogP contribution in [-0.4, -0.2) is 9.97 Å². The van der Waals surface area contributed by atoms with Crippen molar-refractivity contribution >= 4 is 21.7 Å².